The molecule has 1 aliphatic heterocycles. The van der Waals surface area contributed by atoms with Crippen molar-refractivity contribution in [2.45, 2.75) is 25.3 Å². The first kappa shape index (κ1) is 9.18. The Morgan fingerprint density at radius 3 is 2.43 bits per heavy atom. The van der Waals surface area contributed by atoms with Crippen LogP contribution in [0, 0.1) is 5.92 Å². The van der Waals surface area contributed by atoms with Crippen molar-refractivity contribution in [3.05, 3.63) is 0 Å². The van der Waals surface area contributed by atoms with Gasteiger partial charge in [-0.05, 0) is 18.8 Å². The number of Topliss-reactive ketones (excluding diaryl/α,β-unsaturated/α-hetero) is 1. The molecule has 0 bridgehead atoms. The summed E-state index contributed by atoms with van der Waals surface area (Å²) in [5.74, 6) is -1.45. The molecule has 1 N–H and O–H groups in total. The number of carboxylic acids is 1. The minimum atomic E-state index is -0.990. The highest BCUT2D eigenvalue weighted by Crippen LogP contribution is 2.36. The minimum Gasteiger partial charge on any atom is -0.480 e. The van der Waals surface area contributed by atoms with Crippen LogP contribution in [0.1, 0.15) is 19.3 Å². The number of carboxylic acid groups (broad SMARTS) is 1. The van der Waals surface area contributed by atoms with Gasteiger partial charge < -0.3 is 10.0 Å². The second-order valence-electron chi connectivity index (χ2n) is 3.86. The van der Waals surface area contributed by atoms with E-state index in [-0.39, 0.29) is 30.6 Å². The molecule has 14 heavy (non-hydrogen) atoms. The summed E-state index contributed by atoms with van der Waals surface area (Å²) in [7, 11) is 0. The standard InChI is InChI=1S/C9H11NO4/c11-6-3-7(12)10(4-6)8(9(13)14)5-1-2-5/h5,8H,1-4H2,(H,13,14)/t8-/m0/s1. The first-order valence-electron chi connectivity index (χ1n) is 4.63. The van der Waals surface area contributed by atoms with E-state index in [0.29, 0.717) is 0 Å². The van der Waals surface area contributed by atoms with Crippen molar-refractivity contribution in [3.63, 3.8) is 0 Å². The number of rotatable bonds is 3. The molecule has 1 saturated carbocycles. The van der Waals surface area contributed by atoms with E-state index in [1.807, 2.05) is 0 Å². The van der Waals surface area contributed by atoms with Crippen LogP contribution < -0.4 is 0 Å². The number of hydrogen-bond acceptors (Lipinski definition) is 3. The zero-order chi connectivity index (χ0) is 10.3. The minimum absolute atomic E-state index is 0.0215. The van der Waals surface area contributed by atoms with Gasteiger partial charge >= 0.3 is 5.97 Å². The highest BCUT2D eigenvalue weighted by molar-refractivity contribution is 6.06. The highest BCUT2D eigenvalue weighted by Gasteiger charge is 2.45. The fourth-order valence-corrected chi connectivity index (χ4v) is 1.86. The van der Waals surface area contributed by atoms with Gasteiger partial charge in [-0.2, -0.15) is 0 Å². The molecule has 1 aliphatic carbocycles. The summed E-state index contributed by atoms with van der Waals surface area (Å²) in [6.45, 7) is -0.0215. The highest BCUT2D eigenvalue weighted by atomic mass is 16.4. The summed E-state index contributed by atoms with van der Waals surface area (Å²) < 4.78 is 0. The summed E-state index contributed by atoms with van der Waals surface area (Å²) in [5, 5.41) is 8.94. The third-order valence-corrected chi connectivity index (χ3v) is 2.67. The number of nitrogens with zero attached hydrogens (tertiary/aromatic N) is 1. The predicted molar refractivity (Wildman–Crippen MR) is 45.5 cm³/mol. The lowest BCUT2D eigenvalue weighted by molar-refractivity contribution is -0.149. The Labute approximate surface area is 80.7 Å². The molecule has 2 rings (SSSR count). The summed E-state index contributed by atoms with van der Waals surface area (Å²) in [6, 6.07) is -0.769. The molecule has 2 fully saturated rings. The zero-order valence-corrected chi connectivity index (χ0v) is 7.60. The molecule has 0 aromatic carbocycles. The van der Waals surface area contributed by atoms with Crippen LogP contribution in [0.4, 0.5) is 0 Å². The predicted octanol–water partition coefficient (Wildman–Crippen LogP) is -0.349. The van der Waals surface area contributed by atoms with Crippen LogP contribution in [0.3, 0.4) is 0 Å². The van der Waals surface area contributed by atoms with Crippen molar-refractivity contribution in [1.29, 1.82) is 0 Å². The molecule has 1 amide bonds. The van der Waals surface area contributed by atoms with E-state index in [0.717, 1.165) is 12.8 Å². The van der Waals surface area contributed by atoms with E-state index in [4.69, 9.17) is 5.11 Å². The molecule has 0 unspecified atom stereocenters. The van der Waals surface area contributed by atoms with Gasteiger partial charge in [0.25, 0.3) is 0 Å². The number of hydrogen-bond donors (Lipinski definition) is 1. The van der Waals surface area contributed by atoms with Gasteiger partial charge in [0.05, 0.1) is 13.0 Å². The third kappa shape index (κ3) is 1.49. The van der Waals surface area contributed by atoms with Crippen LogP contribution in [0.5, 0.6) is 0 Å². The second kappa shape index (κ2) is 3.08. The lowest BCUT2D eigenvalue weighted by Crippen LogP contribution is -2.43. The van der Waals surface area contributed by atoms with E-state index >= 15 is 0 Å². The zero-order valence-electron chi connectivity index (χ0n) is 7.60. The molecular weight excluding hydrogens is 186 g/mol. The fraction of sp³-hybridized carbons (Fsp3) is 0.667. The van der Waals surface area contributed by atoms with Crippen molar-refractivity contribution in [2.24, 2.45) is 5.92 Å². The Bertz CT molecular complexity index is 308. The fourth-order valence-electron chi connectivity index (χ4n) is 1.86. The normalized spacial score (nSPS) is 24.1. The molecular formula is C9H11NO4. The van der Waals surface area contributed by atoms with Crippen molar-refractivity contribution < 1.29 is 19.5 Å². The van der Waals surface area contributed by atoms with Gasteiger partial charge in [-0.1, -0.05) is 0 Å². The van der Waals surface area contributed by atoms with E-state index in [1.54, 1.807) is 0 Å². The second-order valence-corrected chi connectivity index (χ2v) is 3.86. The molecule has 0 aromatic rings. The maximum absolute atomic E-state index is 11.3. The average molecular weight is 197 g/mol. The monoisotopic (exact) mass is 197 g/mol. The van der Waals surface area contributed by atoms with Gasteiger partial charge in [0.15, 0.2) is 5.78 Å². The molecule has 5 nitrogen and oxygen atoms in total. The van der Waals surface area contributed by atoms with E-state index in [1.165, 1.54) is 4.90 Å². The van der Waals surface area contributed by atoms with Crippen molar-refractivity contribution in [1.82, 2.24) is 4.90 Å². The largest absolute Gasteiger partial charge is 0.480 e. The third-order valence-electron chi connectivity index (χ3n) is 2.67. The lowest BCUT2D eigenvalue weighted by atomic mass is 10.1. The first-order valence-corrected chi connectivity index (χ1v) is 4.63. The summed E-state index contributed by atoms with van der Waals surface area (Å²) >= 11 is 0. The Kier molecular flexibility index (Phi) is 2.02. The SMILES string of the molecule is O=C1CC(=O)N([C@H](C(=O)O)C2CC2)C1. The van der Waals surface area contributed by atoms with E-state index in [2.05, 4.69) is 0 Å². The molecule has 1 atom stereocenters. The maximum Gasteiger partial charge on any atom is 0.326 e. The number of amides is 1. The van der Waals surface area contributed by atoms with Crippen molar-refractivity contribution in [2.75, 3.05) is 6.54 Å². The first-order chi connectivity index (χ1) is 6.59. The number of carbonyl (C=O) groups is 3. The van der Waals surface area contributed by atoms with Crippen LogP contribution >= 0.6 is 0 Å². The van der Waals surface area contributed by atoms with Crippen molar-refractivity contribution >= 4 is 17.7 Å². The van der Waals surface area contributed by atoms with E-state index in [9.17, 15) is 14.4 Å². The molecule has 0 spiro atoms. The topological polar surface area (TPSA) is 74.7 Å². The van der Waals surface area contributed by atoms with Gasteiger partial charge in [0, 0.05) is 0 Å². The van der Waals surface area contributed by atoms with Gasteiger partial charge in [-0.3, -0.25) is 9.59 Å². The van der Waals surface area contributed by atoms with Gasteiger partial charge in [-0.25, -0.2) is 4.79 Å². The molecule has 0 aromatic heterocycles. The van der Waals surface area contributed by atoms with Gasteiger partial charge in [0.2, 0.25) is 5.91 Å². The molecule has 0 radical (unpaired) electrons. The smallest absolute Gasteiger partial charge is 0.326 e. The summed E-state index contributed by atoms with van der Waals surface area (Å²) in [6.07, 6.45) is 1.56. The maximum atomic E-state index is 11.3. The van der Waals surface area contributed by atoms with Crippen LogP contribution in [0.25, 0.3) is 0 Å². The van der Waals surface area contributed by atoms with Crippen LogP contribution in [-0.4, -0.2) is 40.3 Å². The van der Waals surface area contributed by atoms with E-state index < -0.39 is 12.0 Å². The lowest BCUT2D eigenvalue weighted by Gasteiger charge is -2.22. The Morgan fingerprint density at radius 2 is 2.07 bits per heavy atom. The van der Waals surface area contributed by atoms with Crippen LogP contribution in [-0.2, 0) is 14.4 Å². The molecule has 1 heterocycles. The summed E-state index contributed by atoms with van der Waals surface area (Å²) in [4.78, 5) is 34.4. The summed E-state index contributed by atoms with van der Waals surface area (Å²) in [5.41, 5.74) is 0. The average Bonchev–Trinajstić information content (AvgIpc) is 2.81. The van der Waals surface area contributed by atoms with Crippen molar-refractivity contribution in [3.8, 4) is 0 Å². The Hall–Kier alpha value is -1.39. The van der Waals surface area contributed by atoms with Gasteiger partial charge in [0.1, 0.15) is 6.04 Å². The van der Waals surface area contributed by atoms with Gasteiger partial charge in [-0.15, -0.1) is 0 Å². The van der Waals surface area contributed by atoms with Crippen LogP contribution in [0.15, 0.2) is 0 Å². The number of carbonyl (C=O) groups excluding carboxylic acids is 2. The van der Waals surface area contributed by atoms with Crippen LogP contribution in [0.2, 0.25) is 0 Å². The Balaban J connectivity index is 2.14. The quantitative estimate of drug-likeness (QED) is 0.627. The number of ketones is 1. The number of likely N-dealkylation sites (tertiary alicyclic amines) is 1. The molecule has 2 aliphatic rings. The molecule has 5 heteroatoms. The Morgan fingerprint density at radius 1 is 1.43 bits per heavy atom. The molecule has 76 valence electrons. The number of aliphatic carboxylic acids is 1. The molecule has 1 saturated heterocycles.